The summed E-state index contributed by atoms with van der Waals surface area (Å²) in [5.74, 6) is 1.14. The van der Waals surface area contributed by atoms with E-state index in [-0.39, 0.29) is 0 Å². The van der Waals surface area contributed by atoms with Crippen LogP contribution in [0.5, 0.6) is 0 Å². The highest BCUT2D eigenvalue weighted by molar-refractivity contribution is 7.25. The van der Waals surface area contributed by atoms with Gasteiger partial charge in [0, 0.05) is 28.7 Å². The molecule has 0 unspecified atom stereocenters. The number of nitrogens with zero attached hydrogens (tertiary/aromatic N) is 4. The molecule has 5 heteroatoms. The SMILES string of the molecule is CCCN(c1ncnc2sc3ccccc3c12)[C@H]1CC[C@H](N(C)C)CC1. The van der Waals surface area contributed by atoms with Crippen molar-refractivity contribution in [2.24, 2.45) is 0 Å². The minimum atomic E-state index is 0.586. The minimum Gasteiger partial charge on any atom is -0.353 e. The molecule has 138 valence electrons. The van der Waals surface area contributed by atoms with Crippen LogP contribution in [0.15, 0.2) is 30.6 Å². The van der Waals surface area contributed by atoms with E-state index in [9.17, 15) is 0 Å². The van der Waals surface area contributed by atoms with E-state index in [1.807, 2.05) is 0 Å². The molecule has 1 aliphatic rings. The first-order valence-corrected chi connectivity index (χ1v) is 10.6. The van der Waals surface area contributed by atoms with Crippen molar-refractivity contribution in [3.05, 3.63) is 30.6 Å². The lowest BCUT2D eigenvalue weighted by Gasteiger charge is -2.39. The number of hydrogen-bond donors (Lipinski definition) is 0. The summed E-state index contributed by atoms with van der Waals surface area (Å²) in [6.45, 7) is 3.33. The molecule has 3 aromatic rings. The van der Waals surface area contributed by atoms with Gasteiger partial charge in [0.15, 0.2) is 0 Å². The highest BCUT2D eigenvalue weighted by Crippen LogP contribution is 2.39. The lowest BCUT2D eigenvalue weighted by Crippen LogP contribution is -2.43. The molecule has 2 heterocycles. The third kappa shape index (κ3) is 3.19. The summed E-state index contributed by atoms with van der Waals surface area (Å²) in [4.78, 5) is 15.4. The molecule has 4 rings (SSSR count). The van der Waals surface area contributed by atoms with Crippen LogP contribution in [-0.4, -0.2) is 47.6 Å². The van der Waals surface area contributed by atoms with E-state index in [2.05, 4.69) is 60.1 Å². The maximum absolute atomic E-state index is 4.79. The lowest BCUT2D eigenvalue weighted by molar-refractivity contribution is 0.213. The van der Waals surface area contributed by atoms with Crippen molar-refractivity contribution in [2.45, 2.75) is 51.1 Å². The smallest absolute Gasteiger partial charge is 0.141 e. The summed E-state index contributed by atoms with van der Waals surface area (Å²) in [5.41, 5.74) is 0. The molecule has 0 saturated heterocycles. The van der Waals surface area contributed by atoms with Crippen molar-refractivity contribution in [3.8, 4) is 0 Å². The maximum Gasteiger partial charge on any atom is 0.141 e. The number of hydrogen-bond acceptors (Lipinski definition) is 5. The van der Waals surface area contributed by atoms with E-state index in [1.165, 1.54) is 41.2 Å². The molecule has 0 atom stereocenters. The summed E-state index contributed by atoms with van der Waals surface area (Å²) in [7, 11) is 4.42. The summed E-state index contributed by atoms with van der Waals surface area (Å²) in [6, 6.07) is 9.95. The second-order valence-corrected chi connectivity index (χ2v) is 8.63. The van der Waals surface area contributed by atoms with Gasteiger partial charge in [0.2, 0.25) is 0 Å². The van der Waals surface area contributed by atoms with Crippen LogP contribution in [-0.2, 0) is 0 Å². The Morgan fingerprint density at radius 2 is 1.77 bits per heavy atom. The Morgan fingerprint density at radius 1 is 1.04 bits per heavy atom. The molecule has 26 heavy (non-hydrogen) atoms. The molecule has 1 aromatic carbocycles. The number of anilines is 1. The predicted molar refractivity (Wildman–Crippen MR) is 112 cm³/mol. The molecule has 0 bridgehead atoms. The first kappa shape index (κ1) is 17.7. The summed E-state index contributed by atoms with van der Waals surface area (Å²) in [5, 5.41) is 2.54. The van der Waals surface area contributed by atoms with Crippen LogP contribution in [0.4, 0.5) is 5.82 Å². The Labute approximate surface area is 159 Å². The van der Waals surface area contributed by atoms with Gasteiger partial charge in [0.05, 0.1) is 5.39 Å². The molecule has 4 nitrogen and oxygen atoms in total. The van der Waals surface area contributed by atoms with Crippen LogP contribution in [0, 0.1) is 0 Å². The Kier molecular flexibility index (Phi) is 5.09. The van der Waals surface area contributed by atoms with Gasteiger partial charge in [-0.05, 0) is 52.3 Å². The third-order valence-corrected chi connectivity index (χ3v) is 6.81. The molecule has 1 fully saturated rings. The fourth-order valence-electron chi connectivity index (χ4n) is 4.35. The molecular weight excluding hydrogens is 340 g/mol. The standard InChI is InChI=1S/C21H28N4S/c1-4-13-25(16-11-9-15(10-12-16)24(2)3)20-19-17-7-5-6-8-18(17)26-21(19)23-14-22-20/h5-8,14-16H,4,9-13H2,1-3H3/t15-,16-. The average molecular weight is 369 g/mol. The first-order valence-electron chi connectivity index (χ1n) is 9.74. The number of rotatable bonds is 5. The molecular formula is C21H28N4S. The zero-order chi connectivity index (χ0) is 18.1. The van der Waals surface area contributed by atoms with Crippen LogP contribution in [0.1, 0.15) is 39.0 Å². The van der Waals surface area contributed by atoms with E-state index in [4.69, 9.17) is 4.98 Å². The minimum absolute atomic E-state index is 0.586. The van der Waals surface area contributed by atoms with Gasteiger partial charge >= 0.3 is 0 Å². The van der Waals surface area contributed by atoms with Crippen LogP contribution in [0.3, 0.4) is 0 Å². The Morgan fingerprint density at radius 3 is 2.50 bits per heavy atom. The number of thiophene rings is 1. The molecule has 1 aliphatic carbocycles. The quantitative estimate of drug-likeness (QED) is 0.639. The van der Waals surface area contributed by atoms with Gasteiger partial charge in [0.25, 0.3) is 0 Å². The molecule has 0 N–H and O–H groups in total. The van der Waals surface area contributed by atoms with Gasteiger partial charge in [0.1, 0.15) is 17.0 Å². The van der Waals surface area contributed by atoms with Gasteiger partial charge in [-0.3, -0.25) is 0 Å². The van der Waals surface area contributed by atoms with Gasteiger partial charge < -0.3 is 9.80 Å². The summed E-state index contributed by atoms with van der Waals surface area (Å²) >= 11 is 1.78. The Hall–Kier alpha value is -1.72. The molecule has 2 aromatic heterocycles. The number of aromatic nitrogens is 2. The zero-order valence-corrected chi connectivity index (χ0v) is 16.8. The first-order chi connectivity index (χ1) is 12.7. The highest BCUT2D eigenvalue weighted by Gasteiger charge is 2.28. The summed E-state index contributed by atoms with van der Waals surface area (Å²) in [6.07, 6.45) is 7.93. The van der Waals surface area contributed by atoms with E-state index < -0.39 is 0 Å². The van der Waals surface area contributed by atoms with Gasteiger partial charge in [-0.25, -0.2) is 9.97 Å². The van der Waals surface area contributed by atoms with Crippen LogP contribution < -0.4 is 4.90 Å². The molecule has 0 spiro atoms. The molecule has 1 saturated carbocycles. The monoisotopic (exact) mass is 368 g/mol. The van der Waals surface area contributed by atoms with E-state index in [0.29, 0.717) is 6.04 Å². The van der Waals surface area contributed by atoms with E-state index in [0.717, 1.165) is 29.7 Å². The van der Waals surface area contributed by atoms with Crippen molar-refractivity contribution in [3.63, 3.8) is 0 Å². The zero-order valence-electron chi connectivity index (χ0n) is 16.0. The van der Waals surface area contributed by atoms with Crippen molar-refractivity contribution >= 4 is 37.5 Å². The largest absolute Gasteiger partial charge is 0.353 e. The lowest BCUT2D eigenvalue weighted by atomic mass is 9.89. The van der Waals surface area contributed by atoms with Crippen molar-refractivity contribution < 1.29 is 0 Å². The number of fused-ring (bicyclic) bond motifs is 3. The Bertz CT molecular complexity index is 880. The second kappa shape index (κ2) is 7.49. The van der Waals surface area contributed by atoms with E-state index >= 15 is 0 Å². The van der Waals surface area contributed by atoms with Crippen molar-refractivity contribution in [2.75, 3.05) is 25.5 Å². The predicted octanol–water partition coefficient (Wildman–Crippen LogP) is 4.93. The van der Waals surface area contributed by atoms with E-state index in [1.54, 1.807) is 17.7 Å². The maximum atomic E-state index is 4.79. The van der Waals surface area contributed by atoms with Crippen LogP contribution in [0.2, 0.25) is 0 Å². The third-order valence-electron chi connectivity index (χ3n) is 5.73. The van der Waals surface area contributed by atoms with Crippen LogP contribution in [0.25, 0.3) is 20.3 Å². The van der Waals surface area contributed by atoms with Crippen molar-refractivity contribution in [1.29, 1.82) is 0 Å². The number of benzene rings is 1. The van der Waals surface area contributed by atoms with Gasteiger partial charge in [-0.1, -0.05) is 25.1 Å². The highest BCUT2D eigenvalue weighted by atomic mass is 32.1. The molecule has 0 radical (unpaired) electrons. The van der Waals surface area contributed by atoms with Gasteiger partial charge in [-0.15, -0.1) is 11.3 Å². The second-order valence-electron chi connectivity index (χ2n) is 7.60. The summed E-state index contributed by atoms with van der Waals surface area (Å²) < 4.78 is 1.30. The molecule has 0 amide bonds. The fourth-order valence-corrected chi connectivity index (χ4v) is 5.38. The molecule has 0 aliphatic heterocycles. The fraction of sp³-hybridized carbons (Fsp3) is 0.524. The van der Waals surface area contributed by atoms with Gasteiger partial charge in [-0.2, -0.15) is 0 Å². The van der Waals surface area contributed by atoms with Crippen LogP contribution >= 0.6 is 11.3 Å². The van der Waals surface area contributed by atoms with Crippen molar-refractivity contribution in [1.82, 2.24) is 14.9 Å². The Balaban J connectivity index is 1.73. The average Bonchev–Trinajstić information content (AvgIpc) is 3.05. The normalized spacial score (nSPS) is 20.9. The topological polar surface area (TPSA) is 32.3 Å².